The van der Waals surface area contributed by atoms with Gasteiger partial charge in [-0.1, -0.05) is 213 Å². The molecule has 0 unspecified atom stereocenters. The summed E-state index contributed by atoms with van der Waals surface area (Å²) in [4.78, 5) is 15.7. The lowest BCUT2D eigenvalue weighted by atomic mass is 10.1. The van der Waals surface area contributed by atoms with Crippen LogP contribution in [0, 0.1) is 0 Å². The summed E-state index contributed by atoms with van der Waals surface area (Å²) in [6, 6.07) is 28.1. The average molecular weight is 778 g/mol. The zero-order chi connectivity index (χ0) is 40.5. The van der Waals surface area contributed by atoms with E-state index in [1.807, 2.05) is 0 Å². The van der Waals surface area contributed by atoms with Crippen LogP contribution in [0.1, 0.15) is 125 Å². The number of aromatic nitrogens is 3. The fraction of sp³-hybridized carbons (Fsp3) is 0.562. The zero-order valence-corrected chi connectivity index (χ0v) is 40.5. The smallest absolute Gasteiger partial charge is 0.164 e. The largest absolute Gasteiger partial charge is 0.208 e. The summed E-state index contributed by atoms with van der Waals surface area (Å²) in [7, 11) is -5.38. The fourth-order valence-electron chi connectivity index (χ4n) is 12.5. The van der Waals surface area contributed by atoms with Crippen LogP contribution < -0.4 is 15.6 Å². The molecule has 0 fully saturated rings. The Balaban J connectivity index is 1.92. The minimum Gasteiger partial charge on any atom is -0.208 e. The van der Waals surface area contributed by atoms with E-state index >= 15 is 0 Å². The molecule has 0 N–H and O–H groups in total. The van der Waals surface area contributed by atoms with Gasteiger partial charge >= 0.3 is 0 Å². The van der Waals surface area contributed by atoms with Gasteiger partial charge in [0.25, 0.3) is 0 Å². The van der Waals surface area contributed by atoms with Gasteiger partial charge in [-0.3, -0.25) is 0 Å². The third-order valence-corrected chi connectivity index (χ3v) is 35.4. The van der Waals surface area contributed by atoms with Gasteiger partial charge in [-0.2, -0.15) is 0 Å². The Labute approximate surface area is 334 Å². The number of hydrogen-bond donors (Lipinski definition) is 0. The van der Waals surface area contributed by atoms with E-state index in [2.05, 4.69) is 197 Å². The Bertz CT molecular complexity index is 1510. The quantitative estimate of drug-likeness (QED) is 0.113. The van der Waals surface area contributed by atoms with Crippen molar-refractivity contribution in [2.24, 2.45) is 0 Å². The fourth-order valence-corrected chi connectivity index (χ4v) is 32.7. The van der Waals surface area contributed by atoms with Crippen molar-refractivity contribution in [1.29, 1.82) is 0 Å². The van der Waals surface area contributed by atoms with E-state index in [9.17, 15) is 0 Å². The third-order valence-electron chi connectivity index (χ3n) is 14.2. The molecular weight excluding hydrogens is 703 g/mol. The normalized spacial score (nSPS) is 13.4. The number of rotatable bonds is 15. The van der Waals surface area contributed by atoms with Gasteiger partial charge in [-0.25, -0.2) is 15.0 Å². The standard InChI is InChI=1S/C48H75N3Si3/c1-31(2)52(32(3)4,33(5)6)43-25-19-40(20-26-43)46-49-47(41-21-27-44(28-22-41)53(34(7)8,35(9)10)36(11)12)51-48(50-46)42-23-29-45(30-24-42)54(37(13)14,38(15)16)39(17)18/h19-39H,1-18H3. The lowest BCUT2D eigenvalue weighted by molar-refractivity contribution is 0.835. The van der Waals surface area contributed by atoms with E-state index in [0.29, 0.717) is 49.9 Å². The average Bonchev–Trinajstić information content (AvgIpc) is 3.08. The summed E-state index contributed by atoms with van der Waals surface area (Å²) in [5.74, 6) is 2.23. The molecular formula is C48H75N3Si3. The highest BCUT2D eigenvalue weighted by atomic mass is 28.3. The van der Waals surface area contributed by atoms with Gasteiger partial charge in [-0.15, -0.1) is 0 Å². The van der Waals surface area contributed by atoms with Gasteiger partial charge < -0.3 is 0 Å². The summed E-state index contributed by atoms with van der Waals surface area (Å²) in [6.45, 7) is 43.9. The maximum atomic E-state index is 5.23. The second-order valence-corrected chi connectivity index (χ2v) is 37.0. The Morgan fingerprint density at radius 1 is 0.259 bits per heavy atom. The van der Waals surface area contributed by atoms with Gasteiger partial charge in [0.1, 0.15) is 0 Å². The summed E-state index contributed by atoms with van der Waals surface area (Å²) in [5.41, 5.74) is 9.00. The van der Waals surface area contributed by atoms with Crippen LogP contribution in [-0.2, 0) is 0 Å². The van der Waals surface area contributed by atoms with Gasteiger partial charge in [0.15, 0.2) is 17.5 Å². The van der Waals surface area contributed by atoms with Crippen LogP contribution in [0.4, 0.5) is 0 Å². The molecule has 1 heterocycles. The number of benzene rings is 3. The first-order chi connectivity index (χ1) is 25.2. The van der Waals surface area contributed by atoms with Crippen LogP contribution in [0.15, 0.2) is 72.8 Å². The predicted octanol–water partition coefficient (Wildman–Crippen LogP) is 13.5. The highest BCUT2D eigenvalue weighted by Crippen LogP contribution is 2.43. The van der Waals surface area contributed by atoms with Crippen LogP contribution in [-0.4, -0.2) is 39.2 Å². The van der Waals surface area contributed by atoms with Crippen molar-refractivity contribution in [3.8, 4) is 34.2 Å². The van der Waals surface area contributed by atoms with E-state index in [0.717, 1.165) is 34.2 Å². The monoisotopic (exact) mass is 778 g/mol. The molecule has 294 valence electrons. The van der Waals surface area contributed by atoms with Crippen LogP contribution in [0.2, 0.25) is 49.9 Å². The molecule has 0 bridgehead atoms. The van der Waals surface area contributed by atoms with Crippen molar-refractivity contribution >= 4 is 39.8 Å². The molecule has 0 spiro atoms. The van der Waals surface area contributed by atoms with Crippen molar-refractivity contribution in [2.75, 3.05) is 0 Å². The molecule has 0 aliphatic heterocycles. The highest BCUT2D eigenvalue weighted by molar-refractivity contribution is 6.96. The highest BCUT2D eigenvalue weighted by Gasteiger charge is 2.46. The van der Waals surface area contributed by atoms with Crippen LogP contribution in [0.3, 0.4) is 0 Å². The van der Waals surface area contributed by atoms with Crippen molar-refractivity contribution in [3.05, 3.63) is 72.8 Å². The maximum Gasteiger partial charge on any atom is 0.164 e. The van der Waals surface area contributed by atoms with Crippen molar-refractivity contribution in [2.45, 2.75) is 174 Å². The van der Waals surface area contributed by atoms with Crippen molar-refractivity contribution in [1.82, 2.24) is 15.0 Å². The Kier molecular flexibility index (Phi) is 14.0. The Morgan fingerprint density at radius 3 is 0.537 bits per heavy atom. The summed E-state index contributed by atoms with van der Waals surface area (Å²) >= 11 is 0. The lowest BCUT2D eigenvalue weighted by Gasteiger charge is -2.43. The molecule has 0 radical (unpaired) electrons. The van der Waals surface area contributed by atoms with E-state index in [4.69, 9.17) is 15.0 Å². The molecule has 6 heteroatoms. The summed E-state index contributed by atoms with van der Waals surface area (Å²) < 4.78 is 0. The van der Waals surface area contributed by atoms with Gasteiger partial charge in [-0.05, 0) is 49.9 Å². The number of hydrogen-bond acceptors (Lipinski definition) is 3. The second-order valence-electron chi connectivity index (χ2n) is 19.2. The van der Waals surface area contributed by atoms with Gasteiger partial charge in [0.05, 0.1) is 24.2 Å². The molecule has 54 heavy (non-hydrogen) atoms. The zero-order valence-electron chi connectivity index (χ0n) is 37.5. The molecule has 0 saturated carbocycles. The van der Waals surface area contributed by atoms with Crippen molar-refractivity contribution < 1.29 is 0 Å². The topological polar surface area (TPSA) is 38.7 Å². The molecule has 3 nitrogen and oxygen atoms in total. The van der Waals surface area contributed by atoms with Crippen LogP contribution in [0.25, 0.3) is 34.2 Å². The SMILES string of the molecule is CC(C)[Si](c1ccc(-c2nc(-c3ccc([Si](C(C)C)(C(C)C)C(C)C)cc3)nc(-c3ccc([Si](C(C)C)(C(C)C)C(C)C)cc3)n2)cc1)(C(C)C)C(C)C. The molecule has 0 amide bonds. The Hall–Kier alpha value is -2.68. The predicted molar refractivity (Wildman–Crippen MR) is 248 cm³/mol. The van der Waals surface area contributed by atoms with E-state index in [1.165, 1.54) is 15.6 Å². The minimum absolute atomic E-state index is 0.650. The Morgan fingerprint density at radius 2 is 0.407 bits per heavy atom. The molecule has 1 aromatic heterocycles. The maximum absolute atomic E-state index is 5.23. The summed E-state index contributed by atoms with van der Waals surface area (Å²) in [5, 5.41) is 4.61. The summed E-state index contributed by atoms with van der Waals surface area (Å²) in [6.07, 6.45) is 0. The van der Waals surface area contributed by atoms with Crippen LogP contribution >= 0.6 is 0 Å². The van der Waals surface area contributed by atoms with Crippen molar-refractivity contribution in [3.63, 3.8) is 0 Å². The number of nitrogens with zero attached hydrogens (tertiary/aromatic N) is 3. The second kappa shape index (κ2) is 17.2. The molecule has 0 aliphatic rings. The molecule has 4 rings (SSSR count). The van der Waals surface area contributed by atoms with E-state index in [-0.39, 0.29) is 0 Å². The van der Waals surface area contributed by atoms with Crippen LogP contribution in [0.5, 0.6) is 0 Å². The molecule has 0 saturated heterocycles. The third kappa shape index (κ3) is 7.57. The first-order valence-corrected chi connectivity index (χ1v) is 28.0. The molecule has 0 aliphatic carbocycles. The first-order valence-electron chi connectivity index (χ1n) is 21.3. The molecule has 3 aromatic carbocycles. The first kappa shape index (κ1) is 44.0. The molecule has 0 atom stereocenters. The van der Waals surface area contributed by atoms with Gasteiger partial charge in [0, 0.05) is 16.7 Å². The van der Waals surface area contributed by atoms with E-state index in [1.54, 1.807) is 0 Å². The lowest BCUT2D eigenvalue weighted by Crippen LogP contribution is -2.55. The molecule has 4 aromatic rings. The van der Waals surface area contributed by atoms with Gasteiger partial charge in [0.2, 0.25) is 0 Å². The van der Waals surface area contributed by atoms with E-state index < -0.39 is 24.2 Å². The minimum atomic E-state index is -1.79.